The third-order valence-electron chi connectivity index (χ3n) is 5.20. The number of nitrogens with zero attached hydrogens (tertiary/aromatic N) is 4. The van der Waals surface area contributed by atoms with E-state index < -0.39 is 0 Å². The van der Waals surface area contributed by atoms with Crippen LogP contribution in [0.3, 0.4) is 0 Å². The molecule has 1 fully saturated rings. The molecule has 0 spiro atoms. The van der Waals surface area contributed by atoms with E-state index in [0.29, 0.717) is 10.2 Å². The summed E-state index contributed by atoms with van der Waals surface area (Å²) in [6.45, 7) is 6.07. The molecule has 0 atom stereocenters. The lowest BCUT2D eigenvalue weighted by molar-refractivity contribution is 0.362. The van der Waals surface area contributed by atoms with Gasteiger partial charge in [-0.3, -0.25) is 4.40 Å². The zero-order valence-electron chi connectivity index (χ0n) is 14.8. The van der Waals surface area contributed by atoms with Crippen molar-refractivity contribution in [3.05, 3.63) is 46.5 Å². The molecule has 0 radical (unpaired) electrons. The third kappa shape index (κ3) is 2.94. The van der Waals surface area contributed by atoms with Crippen molar-refractivity contribution in [3.63, 3.8) is 0 Å². The molecule has 1 saturated heterocycles. The van der Waals surface area contributed by atoms with Gasteiger partial charge in [-0.05, 0) is 44.4 Å². The summed E-state index contributed by atoms with van der Waals surface area (Å²) < 4.78 is 2.12. The lowest BCUT2D eigenvalue weighted by atomic mass is 9.91. The van der Waals surface area contributed by atoms with E-state index in [-0.39, 0.29) is 5.54 Å². The minimum absolute atomic E-state index is 0.0825. The van der Waals surface area contributed by atoms with E-state index in [1.54, 1.807) is 6.20 Å². The largest absolute Gasteiger partial charge is 0.358 e. The molecule has 0 aromatic carbocycles. The van der Waals surface area contributed by atoms with E-state index in [2.05, 4.69) is 39.2 Å². The summed E-state index contributed by atoms with van der Waals surface area (Å²) in [5.74, 6) is 1.13. The lowest BCUT2D eigenvalue weighted by Gasteiger charge is -2.38. The Balaban J connectivity index is 1.85. The van der Waals surface area contributed by atoms with Gasteiger partial charge in [0.25, 0.3) is 0 Å². The van der Waals surface area contributed by atoms with Crippen molar-refractivity contribution in [1.29, 1.82) is 0 Å². The van der Waals surface area contributed by atoms with Gasteiger partial charge < -0.3 is 10.6 Å². The van der Waals surface area contributed by atoms with E-state index in [4.69, 9.17) is 28.9 Å². The Labute approximate surface area is 162 Å². The quantitative estimate of drug-likeness (QED) is 0.662. The summed E-state index contributed by atoms with van der Waals surface area (Å²) in [6, 6.07) is 4.07. The highest BCUT2D eigenvalue weighted by Crippen LogP contribution is 2.38. The zero-order valence-corrected chi connectivity index (χ0v) is 16.3. The van der Waals surface area contributed by atoms with Crippen molar-refractivity contribution in [1.82, 2.24) is 14.4 Å². The standard InChI is InChI=1S/C19H21Cl2N5/c1-12-11-14(25-8-4-19(2,22)5-9-25)26-10-7-24-18(26)15(12)13-3-6-23-17(21)16(13)20/h3,6-7,10-11H,4-5,8-9,22H2,1-2H3. The lowest BCUT2D eigenvalue weighted by Crippen LogP contribution is -2.48. The molecule has 5 nitrogen and oxygen atoms in total. The SMILES string of the molecule is Cc1cc(N2CCC(C)(N)CC2)n2ccnc2c1-c1ccnc(Cl)c1Cl. The normalized spacial score (nSPS) is 17.0. The molecule has 1 aliphatic rings. The topological polar surface area (TPSA) is 59.5 Å². The van der Waals surface area contributed by atoms with Crippen molar-refractivity contribution < 1.29 is 0 Å². The van der Waals surface area contributed by atoms with E-state index in [0.717, 1.165) is 54.1 Å². The average molecular weight is 390 g/mol. The van der Waals surface area contributed by atoms with Crippen LogP contribution >= 0.6 is 23.2 Å². The van der Waals surface area contributed by atoms with Gasteiger partial charge in [-0.1, -0.05) is 23.2 Å². The summed E-state index contributed by atoms with van der Waals surface area (Å²) in [5.41, 5.74) is 10.0. The molecule has 0 bridgehead atoms. The number of pyridine rings is 2. The number of aryl methyl sites for hydroxylation is 1. The van der Waals surface area contributed by atoms with Gasteiger partial charge in [-0.2, -0.15) is 0 Å². The third-order valence-corrected chi connectivity index (χ3v) is 5.96. The number of hydrogen-bond acceptors (Lipinski definition) is 4. The van der Waals surface area contributed by atoms with Gasteiger partial charge in [0.2, 0.25) is 0 Å². The molecule has 2 N–H and O–H groups in total. The van der Waals surface area contributed by atoms with Crippen LogP contribution in [-0.2, 0) is 0 Å². The molecule has 7 heteroatoms. The summed E-state index contributed by atoms with van der Waals surface area (Å²) in [7, 11) is 0. The van der Waals surface area contributed by atoms with E-state index in [1.165, 1.54) is 0 Å². The van der Waals surface area contributed by atoms with Crippen molar-refractivity contribution in [2.45, 2.75) is 32.2 Å². The molecule has 0 amide bonds. The summed E-state index contributed by atoms with van der Waals surface area (Å²) in [6.07, 6.45) is 7.41. The van der Waals surface area contributed by atoms with Crippen LogP contribution in [0.5, 0.6) is 0 Å². The first-order valence-corrected chi connectivity index (χ1v) is 9.44. The van der Waals surface area contributed by atoms with Crippen LogP contribution in [-0.4, -0.2) is 33.0 Å². The number of hydrogen-bond donors (Lipinski definition) is 1. The number of anilines is 1. The minimum Gasteiger partial charge on any atom is -0.358 e. The van der Waals surface area contributed by atoms with Gasteiger partial charge in [0.05, 0.1) is 5.02 Å². The second-order valence-electron chi connectivity index (χ2n) is 7.29. The number of rotatable bonds is 2. The second kappa shape index (κ2) is 6.41. The molecule has 136 valence electrons. The van der Waals surface area contributed by atoms with Crippen molar-refractivity contribution >= 4 is 34.7 Å². The Hall–Kier alpha value is -1.82. The van der Waals surface area contributed by atoms with Crippen LogP contribution < -0.4 is 10.6 Å². The number of nitrogens with two attached hydrogens (primary N) is 1. The summed E-state index contributed by atoms with van der Waals surface area (Å²) in [5, 5.41) is 0.752. The fourth-order valence-corrected chi connectivity index (χ4v) is 3.98. The molecule has 1 aliphatic heterocycles. The van der Waals surface area contributed by atoms with Gasteiger partial charge >= 0.3 is 0 Å². The van der Waals surface area contributed by atoms with Crippen LogP contribution in [0, 0.1) is 6.92 Å². The van der Waals surface area contributed by atoms with Crippen LogP contribution in [0.15, 0.2) is 30.7 Å². The molecule has 0 saturated carbocycles. The first-order valence-electron chi connectivity index (χ1n) is 8.68. The molecule has 3 aromatic rings. The van der Waals surface area contributed by atoms with Crippen molar-refractivity contribution in [3.8, 4) is 11.1 Å². The molecular formula is C19H21Cl2N5. The fraction of sp³-hybridized carbons (Fsp3) is 0.368. The van der Waals surface area contributed by atoms with Gasteiger partial charge in [0.15, 0.2) is 0 Å². The van der Waals surface area contributed by atoms with Gasteiger partial charge in [0, 0.05) is 48.3 Å². The Kier molecular flexibility index (Phi) is 4.34. The van der Waals surface area contributed by atoms with Gasteiger partial charge in [-0.25, -0.2) is 9.97 Å². The predicted molar refractivity (Wildman–Crippen MR) is 107 cm³/mol. The van der Waals surface area contributed by atoms with Crippen LogP contribution in [0.25, 0.3) is 16.8 Å². The first kappa shape index (κ1) is 17.6. The highest BCUT2D eigenvalue weighted by Gasteiger charge is 2.28. The average Bonchev–Trinajstić information content (AvgIpc) is 3.07. The van der Waals surface area contributed by atoms with Crippen molar-refractivity contribution in [2.75, 3.05) is 18.0 Å². The molecule has 4 heterocycles. The number of piperidine rings is 1. The number of aromatic nitrogens is 3. The molecular weight excluding hydrogens is 369 g/mol. The monoisotopic (exact) mass is 389 g/mol. The number of imidazole rings is 1. The van der Waals surface area contributed by atoms with E-state index >= 15 is 0 Å². The Morgan fingerprint density at radius 2 is 1.88 bits per heavy atom. The second-order valence-corrected chi connectivity index (χ2v) is 8.02. The Morgan fingerprint density at radius 1 is 1.15 bits per heavy atom. The zero-order chi connectivity index (χ0) is 18.5. The number of fused-ring (bicyclic) bond motifs is 1. The maximum Gasteiger partial charge on any atom is 0.148 e. The number of halogens is 2. The smallest absolute Gasteiger partial charge is 0.148 e. The van der Waals surface area contributed by atoms with E-state index in [1.807, 2.05) is 18.5 Å². The van der Waals surface area contributed by atoms with Gasteiger partial charge in [-0.15, -0.1) is 0 Å². The highest BCUT2D eigenvalue weighted by atomic mass is 35.5. The predicted octanol–water partition coefficient (Wildman–Crippen LogP) is 4.33. The fourth-order valence-electron chi connectivity index (χ4n) is 3.62. The highest BCUT2D eigenvalue weighted by molar-refractivity contribution is 6.43. The molecule has 3 aromatic heterocycles. The molecule has 4 rings (SSSR count). The Bertz CT molecular complexity index is 969. The molecule has 0 aliphatic carbocycles. The van der Waals surface area contributed by atoms with Crippen LogP contribution in [0.1, 0.15) is 25.3 Å². The minimum atomic E-state index is -0.0825. The maximum absolute atomic E-state index is 6.43. The summed E-state index contributed by atoms with van der Waals surface area (Å²) in [4.78, 5) is 11.0. The summed E-state index contributed by atoms with van der Waals surface area (Å²) >= 11 is 12.6. The molecule has 26 heavy (non-hydrogen) atoms. The van der Waals surface area contributed by atoms with Crippen LogP contribution in [0.2, 0.25) is 10.2 Å². The Morgan fingerprint density at radius 3 is 2.62 bits per heavy atom. The maximum atomic E-state index is 6.43. The van der Waals surface area contributed by atoms with Gasteiger partial charge in [0.1, 0.15) is 16.6 Å². The van der Waals surface area contributed by atoms with E-state index in [9.17, 15) is 0 Å². The molecule has 0 unspecified atom stereocenters. The van der Waals surface area contributed by atoms with Crippen LogP contribution in [0.4, 0.5) is 5.82 Å². The first-order chi connectivity index (χ1) is 12.4. The van der Waals surface area contributed by atoms with Crippen molar-refractivity contribution in [2.24, 2.45) is 5.73 Å².